The minimum absolute atomic E-state index is 0.0120. The van der Waals surface area contributed by atoms with E-state index in [-0.39, 0.29) is 46.7 Å². The van der Waals surface area contributed by atoms with Crippen LogP contribution in [0.15, 0.2) is 23.1 Å². The summed E-state index contributed by atoms with van der Waals surface area (Å²) >= 11 is 0.947. The number of rotatable bonds is 9. The van der Waals surface area contributed by atoms with Crippen LogP contribution >= 0.6 is 11.8 Å². The number of hydrogen-bond donors (Lipinski definition) is 3. The molecule has 0 radical (unpaired) electrons. The molecule has 9 nitrogen and oxygen atoms in total. The molecule has 1 aromatic rings. The first kappa shape index (κ1) is 19.4. The molecule has 10 heteroatoms. The zero-order chi connectivity index (χ0) is 18.3. The average Bonchev–Trinajstić information content (AvgIpc) is 2.49. The van der Waals surface area contributed by atoms with Gasteiger partial charge in [0.05, 0.1) is 15.6 Å². The van der Waals surface area contributed by atoms with E-state index in [0.29, 0.717) is 0 Å². The number of nitro groups is 1. The fraction of sp³-hybridized carbons (Fsp3) is 0.357. The number of aliphatic carboxylic acids is 1. The number of amides is 2. The van der Waals surface area contributed by atoms with Crippen LogP contribution in [0.5, 0.6) is 0 Å². The molecular formula is C14H17N3O6S. The van der Waals surface area contributed by atoms with Crippen molar-refractivity contribution in [3.8, 4) is 0 Å². The molecule has 4 N–H and O–H groups in total. The number of nitrogens with one attached hydrogen (secondary N) is 1. The van der Waals surface area contributed by atoms with Crippen molar-refractivity contribution in [2.24, 2.45) is 11.7 Å². The lowest BCUT2D eigenvalue weighted by molar-refractivity contribution is -0.387. The first-order chi connectivity index (χ1) is 11.2. The van der Waals surface area contributed by atoms with Gasteiger partial charge in [-0.25, -0.2) is 0 Å². The second-order valence-electron chi connectivity index (χ2n) is 5.10. The summed E-state index contributed by atoms with van der Waals surface area (Å²) < 4.78 is 0. The number of hydrogen-bond acceptors (Lipinski definition) is 6. The summed E-state index contributed by atoms with van der Waals surface area (Å²) in [6.45, 7) is 1.89. The van der Waals surface area contributed by atoms with Gasteiger partial charge in [0.2, 0.25) is 11.8 Å². The highest BCUT2D eigenvalue weighted by Crippen LogP contribution is 2.29. The Labute approximate surface area is 141 Å². The van der Waals surface area contributed by atoms with Crippen LogP contribution in [0.25, 0.3) is 0 Å². The number of thioether (sulfide) groups is 1. The van der Waals surface area contributed by atoms with Crippen LogP contribution in [0.1, 0.15) is 23.7 Å². The number of benzene rings is 1. The molecule has 0 aliphatic rings. The predicted molar refractivity (Wildman–Crippen MR) is 86.8 cm³/mol. The molecule has 0 aromatic heterocycles. The fourth-order valence-corrected chi connectivity index (χ4v) is 2.62. The normalized spacial score (nSPS) is 11.5. The van der Waals surface area contributed by atoms with E-state index >= 15 is 0 Å². The van der Waals surface area contributed by atoms with E-state index in [1.807, 2.05) is 0 Å². The number of carbonyl (C=O) groups excluding carboxylic acids is 2. The van der Waals surface area contributed by atoms with Crippen LogP contribution in [0, 0.1) is 16.0 Å². The molecule has 1 atom stereocenters. The van der Waals surface area contributed by atoms with Crippen LogP contribution in [0.2, 0.25) is 0 Å². The molecule has 2 amide bonds. The number of carboxylic acid groups (broad SMARTS) is 1. The molecule has 1 aromatic carbocycles. The minimum Gasteiger partial charge on any atom is -0.481 e. The highest BCUT2D eigenvalue weighted by Gasteiger charge is 2.18. The highest BCUT2D eigenvalue weighted by atomic mass is 32.2. The number of nitrogens with zero attached hydrogens (tertiary/aromatic N) is 1. The lowest BCUT2D eigenvalue weighted by atomic mass is 10.1. The average molecular weight is 355 g/mol. The van der Waals surface area contributed by atoms with Gasteiger partial charge in [-0.2, -0.15) is 0 Å². The van der Waals surface area contributed by atoms with Gasteiger partial charge in [-0.05, 0) is 18.1 Å². The molecule has 0 aliphatic carbocycles. The standard InChI is InChI=1S/C14H17N3O6S/c1-8(4-13(19)20)6-16-12(18)7-24-11-3-2-9(14(15)21)5-10(11)17(22)23/h2-3,5,8H,4,6-7H2,1H3,(H2,15,21)(H,16,18)(H,19,20). The van der Waals surface area contributed by atoms with Gasteiger partial charge in [0, 0.05) is 24.6 Å². The maximum Gasteiger partial charge on any atom is 0.303 e. The summed E-state index contributed by atoms with van der Waals surface area (Å²) in [6, 6.07) is 3.78. The van der Waals surface area contributed by atoms with Gasteiger partial charge in [-0.15, -0.1) is 11.8 Å². The monoisotopic (exact) mass is 355 g/mol. The molecular weight excluding hydrogens is 338 g/mol. The lowest BCUT2D eigenvalue weighted by Crippen LogP contribution is -2.30. The molecule has 0 aliphatic heterocycles. The Morgan fingerprint density at radius 1 is 1.42 bits per heavy atom. The quantitative estimate of drug-likeness (QED) is 0.339. The molecule has 130 valence electrons. The summed E-state index contributed by atoms with van der Waals surface area (Å²) in [5, 5.41) is 22.2. The topological polar surface area (TPSA) is 153 Å². The van der Waals surface area contributed by atoms with E-state index < -0.39 is 16.8 Å². The van der Waals surface area contributed by atoms with Crippen molar-refractivity contribution >= 4 is 35.2 Å². The van der Waals surface area contributed by atoms with Gasteiger partial charge in [-0.1, -0.05) is 6.92 Å². The predicted octanol–water partition coefficient (Wildman–Crippen LogP) is 1.01. The van der Waals surface area contributed by atoms with Gasteiger partial charge in [-0.3, -0.25) is 24.5 Å². The minimum atomic E-state index is -0.948. The summed E-state index contributed by atoms with van der Waals surface area (Å²) in [4.78, 5) is 44.0. The second kappa shape index (κ2) is 8.87. The van der Waals surface area contributed by atoms with Gasteiger partial charge in [0.15, 0.2) is 0 Å². The Balaban J connectivity index is 2.63. The summed E-state index contributed by atoms with van der Waals surface area (Å²) in [5.74, 6) is -2.39. The molecule has 1 rings (SSSR count). The van der Waals surface area contributed by atoms with Crippen molar-refractivity contribution in [1.82, 2.24) is 5.32 Å². The number of primary amides is 1. The molecule has 0 spiro atoms. The first-order valence-corrected chi connectivity index (χ1v) is 7.88. The fourth-order valence-electron chi connectivity index (χ4n) is 1.79. The van der Waals surface area contributed by atoms with E-state index in [2.05, 4.69) is 5.32 Å². The van der Waals surface area contributed by atoms with E-state index in [1.165, 1.54) is 12.1 Å². The zero-order valence-electron chi connectivity index (χ0n) is 12.9. The molecule has 0 fully saturated rings. The summed E-state index contributed by atoms with van der Waals surface area (Å²) in [6.07, 6.45) is -0.0620. The third-order valence-corrected chi connectivity index (χ3v) is 4.03. The van der Waals surface area contributed by atoms with Gasteiger partial charge in [0.25, 0.3) is 5.69 Å². The highest BCUT2D eigenvalue weighted by molar-refractivity contribution is 8.00. The molecule has 0 saturated carbocycles. The second-order valence-corrected chi connectivity index (χ2v) is 6.12. The number of nitrogens with two attached hydrogens (primary N) is 1. The van der Waals surface area contributed by atoms with Crippen LogP contribution < -0.4 is 11.1 Å². The molecule has 0 bridgehead atoms. The van der Waals surface area contributed by atoms with Crippen LogP contribution in [0.3, 0.4) is 0 Å². The lowest BCUT2D eigenvalue weighted by Gasteiger charge is -2.10. The Morgan fingerprint density at radius 3 is 2.62 bits per heavy atom. The zero-order valence-corrected chi connectivity index (χ0v) is 13.7. The van der Waals surface area contributed by atoms with Gasteiger partial charge >= 0.3 is 5.97 Å². The summed E-state index contributed by atoms with van der Waals surface area (Å²) in [7, 11) is 0. The number of nitro benzene ring substituents is 1. The molecule has 0 saturated heterocycles. The van der Waals surface area contributed by atoms with Crippen molar-refractivity contribution in [3.05, 3.63) is 33.9 Å². The van der Waals surface area contributed by atoms with Crippen molar-refractivity contribution in [1.29, 1.82) is 0 Å². The smallest absolute Gasteiger partial charge is 0.303 e. The van der Waals surface area contributed by atoms with E-state index in [0.717, 1.165) is 17.8 Å². The molecule has 24 heavy (non-hydrogen) atoms. The van der Waals surface area contributed by atoms with Crippen LogP contribution in [0.4, 0.5) is 5.69 Å². The van der Waals surface area contributed by atoms with E-state index in [9.17, 15) is 24.5 Å². The van der Waals surface area contributed by atoms with E-state index in [1.54, 1.807) is 6.92 Å². The first-order valence-electron chi connectivity index (χ1n) is 6.90. The third kappa shape index (κ3) is 6.24. The van der Waals surface area contributed by atoms with Gasteiger partial charge in [0.1, 0.15) is 0 Å². The molecule has 0 heterocycles. The van der Waals surface area contributed by atoms with Crippen molar-refractivity contribution in [2.75, 3.05) is 12.3 Å². The van der Waals surface area contributed by atoms with Crippen molar-refractivity contribution in [2.45, 2.75) is 18.2 Å². The maximum atomic E-state index is 11.7. The van der Waals surface area contributed by atoms with Gasteiger partial charge < -0.3 is 16.2 Å². The van der Waals surface area contributed by atoms with Crippen LogP contribution in [-0.4, -0.2) is 40.1 Å². The maximum absolute atomic E-state index is 11.7. The largest absolute Gasteiger partial charge is 0.481 e. The Kier molecular flexibility index (Phi) is 7.18. The number of carbonyl (C=O) groups is 3. The van der Waals surface area contributed by atoms with E-state index in [4.69, 9.17) is 10.8 Å². The Morgan fingerprint density at radius 2 is 2.08 bits per heavy atom. The van der Waals surface area contributed by atoms with Crippen molar-refractivity contribution in [3.63, 3.8) is 0 Å². The molecule has 1 unspecified atom stereocenters. The third-order valence-electron chi connectivity index (χ3n) is 2.97. The Bertz CT molecular complexity index is 664. The van der Waals surface area contributed by atoms with Crippen LogP contribution in [-0.2, 0) is 9.59 Å². The SMILES string of the molecule is CC(CNC(=O)CSc1ccc(C(N)=O)cc1[N+](=O)[O-])CC(=O)O. The Hall–Kier alpha value is -2.62. The summed E-state index contributed by atoms with van der Waals surface area (Å²) in [5.41, 5.74) is 4.79. The number of carboxylic acids is 1. The van der Waals surface area contributed by atoms with Crippen molar-refractivity contribution < 1.29 is 24.4 Å².